The minimum Gasteiger partial charge on any atom is -0.481 e. The lowest BCUT2D eigenvalue weighted by atomic mass is 10.0. The molecule has 4 nitrogen and oxygen atoms in total. The summed E-state index contributed by atoms with van der Waals surface area (Å²) in [5, 5.41) is 11.5. The van der Waals surface area contributed by atoms with E-state index in [9.17, 15) is 4.79 Å². The number of piperidine rings is 1. The maximum Gasteiger partial charge on any atom is 0.307 e. The van der Waals surface area contributed by atoms with Crippen LogP contribution in [0, 0.1) is 5.92 Å². The Bertz CT molecular complexity index is 128. The van der Waals surface area contributed by atoms with Gasteiger partial charge in [0.15, 0.2) is 0 Å². The van der Waals surface area contributed by atoms with Crippen LogP contribution in [0.1, 0.15) is 12.8 Å². The number of aliphatic carboxylic acids is 1. The molecule has 1 heterocycles. The molecule has 1 rings (SSSR count). The van der Waals surface area contributed by atoms with Crippen LogP contribution in [0.4, 0.5) is 0 Å². The van der Waals surface area contributed by atoms with Crippen molar-refractivity contribution in [3.63, 3.8) is 0 Å². The van der Waals surface area contributed by atoms with Crippen LogP contribution in [0.25, 0.3) is 0 Å². The maximum absolute atomic E-state index is 10.3. The molecule has 2 N–H and O–H groups in total. The summed E-state index contributed by atoms with van der Waals surface area (Å²) < 4.78 is 3.19. The van der Waals surface area contributed by atoms with Crippen LogP contribution in [-0.4, -0.2) is 24.2 Å². The molecule has 0 aromatic carbocycles. The molecule has 6 heteroatoms. The molecular formula is C6H11Cl2NO3. The van der Waals surface area contributed by atoms with Crippen molar-refractivity contribution < 1.29 is 13.7 Å². The molecular weight excluding hydrogens is 205 g/mol. The zero-order valence-electron chi connectivity index (χ0n) is 6.43. The van der Waals surface area contributed by atoms with E-state index in [-0.39, 0.29) is 5.92 Å². The molecule has 0 aromatic rings. The fourth-order valence-electron chi connectivity index (χ4n) is 1.06. The van der Waals surface area contributed by atoms with E-state index in [0.717, 1.165) is 19.4 Å². The van der Waals surface area contributed by atoms with Gasteiger partial charge in [0.2, 0.25) is 0 Å². The van der Waals surface area contributed by atoms with Gasteiger partial charge in [-0.3, -0.25) is 4.79 Å². The van der Waals surface area contributed by atoms with E-state index in [1.165, 1.54) is 0 Å². The van der Waals surface area contributed by atoms with Gasteiger partial charge in [0.05, 0.1) is 29.7 Å². The summed E-state index contributed by atoms with van der Waals surface area (Å²) in [6.45, 7) is 1.62. The van der Waals surface area contributed by atoms with Crippen LogP contribution < -0.4 is 5.32 Å². The molecule has 0 aliphatic carbocycles. The van der Waals surface area contributed by atoms with Crippen LogP contribution in [0.2, 0.25) is 0 Å². The van der Waals surface area contributed by atoms with Crippen LogP contribution in [0.5, 0.6) is 0 Å². The summed E-state index contributed by atoms with van der Waals surface area (Å²) in [4.78, 5) is 10.3. The van der Waals surface area contributed by atoms with E-state index in [1.54, 1.807) is 0 Å². The molecule has 0 bridgehead atoms. The van der Waals surface area contributed by atoms with Gasteiger partial charge in [-0.05, 0) is 19.4 Å². The fourth-order valence-corrected chi connectivity index (χ4v) is 1.06. The molecule has 1 saturated heterocycles. The third-order valence-corrected chi connectivity index (χ3v) is 1.65. The summed E-state index contributed by atoms with van der Waals surface area (Å²) in [6.07, 6.45) is 1.83. The van der Waals surface area contributed by atoms with Crippen LogP contribution in [-0.2, 0) is 8.64 Å². The van der Waals surface area contributed by atoms with Gasteiger partial charge in [0.25, 0.3) is 0 Å². The number of carboxylic acid groups (broad SMARTS) is 1. The first-order valence-corrected chi connectivity index (χ1v) is 4.17. The predicted molar refractivity (Wildman–Crippen MR) is 46.0 cm³/mol. The lowest BCUT2D eigenvalue weighted by molar-refractivity contribution is -0.142. The van der Waals surface area contributed by atoms with Gasteiger partial charge in [0.1, 0.15) is 0 Å². The van der Waals surface area contributed by atoms with Crippen LogP contribution in [0.15, 0.2) is 0 Å². The Morgan fingerprint density at radius 3 is 2.42 bits per heavy atom. The molecule has 12 heavy (non-hydrogen) atoms. The second-order valence-electron chi connectivity index (χ2n) is 2.44. The molecule has 1 aliphatic heterocycles. The van der Waals surface area contributed by atoms with Crippen molar-refractivity contribution in [3.8, 4) is 0 Å². The summed E-state index contributed by atoms with van der Waals surface area (Å²) in [7, 11) is 0. The molecule has 0 radical (unpaired) electrons. The monoisotopic (exact) mass is 215 g/mol. The summed E-state index contributed by atoms with van der Waals surface area (Å²) in [6, 6.07) is 0. The topological polar surface area (TPSA) is 58.6 Å². The van der Waals surface area contributed by atoms with Gasteiger partial charge in [-0.25, -0.2) is 0 Å². The molecule has 1 fully saturated rings. The normalized spacial score (nSPS) is 22.3. The Kier molecular flexibility index (Phi) is 7.59. The summed E-state index contributed by atoms with van der Waals surface area (Å²) in [5.41, 5.74) is 0. The quantitative estimate of drug-likeness (QED) is 0.695. The van der Waals surface area contributed by atoms with Crippen molar-refractivity contribution in [2.45, 2.75) is 12.8 Å². The molecule has 0 aromatic heterocycles. The molecule has 0 amide bonds. The Morgan fingerprint density at radius 2 is 2.17 bits per heavy atom. The maximum atomic E-state index is 10.3. The van der Waals surface area contributed by atoms with Gasteiger partial charge < -0.3 is 10.4 Å². The number of rotatable bonds is 1. The Balaban J connectivity index is 0.000000354. The second kappa shape index (κ2) is 7.61. The highest BCUT2D eigenvalue weighted by atomic mass is 35.6. The van der Waals surface area contributed by atoms with E-state index >= 15 is 0 Å². The van der Waals surface area contributed by atoms with Gasteiger partial charge in [-0.15, -0.1) is 0 Å². The highest BCUT2D eigenvalue weighted by Gasteiger charge is 2.18. The van der Waals surface area contributed by atoms with E-state index in [0.29, 0.717) is 6.54 Å². The van der Waals surface area contributed by atoms with Gasteiger partial charge in [0, 0.05) is 6.54 Å². The van der Waals surface area contributed by atoms with Crippen molar-refractivity contribution in [2.75, 3.05) is 13.1 Å². The first kappa shape index (κ1) is 12.0. The minimum atomic E-state index is -0.665. The average molecular weight is 216 g/mol. The van der Waals surface area contributed by atoms with E-state index in [1.807, 2.05) is 0 Å². The summed E-state index contributed by atoms with van der Waals surface area (Å²) >= 11 is 8.53. The third kappa shape index (κ3) is 5.60. The van der Waals surface area contributed by atoms with E-state index in [4.69, 9.17) is 5.11 Å². The lowest BCUT2D eigenvalue weighted by Crippen LogP contribution is -2.34. The van der Waals surface area contributed by atoms with Gasteiger partial charge in [-0.1, -0.05) is 0 Å². The summed E-state index contributed by atoms with van der Waals surface area (Å²) in [5.74, 6) is -0.805. The van der Waals surface area contributed by atoms with Crippen molar-refractivity contribution in [3.05, 3.63) is 0 Å². The van der Waals surface area contributed by atoms with E-state index < -0.39 is 5.97 Å². The standard InChI is InChI=1S/C6H11NO2.Cl2O/c8-6(9)5-2-1-3-7-4-5;1-3-2/h5,7H,1-4H2,(H,8,9);. The molecule has 0 spiro atoms. The van der Waals surface area contributed by atoms with Gasteiger partial charge in [-0.2, -0.15) is 3.84 Å². The molecule has 0 saturated carbocycles. The van der Waals surface area contributed by atoms with Crippen molar-refractivity contribution in [2.24, 2.45) is 5.92 Å². The number of hydrogen-bond donors (Lipinski definition) is 2. The zero-order chi connectivity index (χ0) is 9.40. The smallest absolute Gasteiger partial charge is 0.307 e. The highest BCUT2D eigenvalue weighted by Crippen LogP contribution is 2.08. The third-order valence-electron chi connectivity index (χ3n) is 1.65. The molecule has 1 unspecified atom stereocenters. The lowest BCUT2D eigenvalue weighted by Gasteiger charge is -2.18. The molecule has 1 aliphatic rings. The largest absolute Gasteiger partial charge is 0.481 e. The van der Waals surface area contributed by atoms with Crippen molar-refractivity contribution in [1.82, 2.24) is 5.32 Å². The number of halogens is 2. The van der Waals surface area contributed by atoms with Crippen molar-refractivity contribution in [1.29, 1.82) is 0 Å². The van der Waals surface area contributed by atoms with Crippen molar-refractivity contribution >= 4 is 29.7 Å². The SMILES string of the molecule is ClOCl.O=C(O)C1CCCNC1. The highest BCUT2D eigenvalue weighted by molar-refractivity contribution is 6.24. The number of nitrogens with one attached hydrogen (secondary N) is 1. The van der Waals surface area contributed by atoms with Crippen LogP contribution >= 0.6 is 23.7 Å². The number of carboxylic acids is 1. The van der Waals surface area contributed by atoms with Gasteiger partial charge >= 0.3 is 5.97 Å². The number of hydrogen-bond acceptors (Lipinski definition) is 3. The molecule has 1 atom stereocenters. The predicted octanol–water partition coefficient (Wildman–Crippen LogP) is 1.38. The molecule has 72 valence electrons. The Hall–Kier alpha value is -0.0300. The first-order chi connectivity index (χ1) is 5.72. The van der Waals surface area contributed by atoms with Crippen LogP contribution in [0.3, 0.4) is 0 Å². The first-order valence-electron chi connectivity index (χ1n) is 3.55. The zero-order valence-corrected chi connectivity index (χ0v) is 7.94. The Morgan fingerprint density at radius 1 is 1.58 bits per heavy atom. The van der Waals surface area contributed by atoms with E-state index in [2.05, 4.69) is 32.9 Å². The number of carbonyl (C=O) groups is 1. The minimum absolute atomic E-state index is 0.140. The second-order valence-corrected chi connectivity index (χ2v) is 2.91. The fraction of sp³-hybridized carbons (Fsp3) is 0.833. The Labute approximate surface area is 81.1 Å². The average Bonchev–Trinajstić information content (AvgIpc) is 2.07.